The minimum absolute atomic E-state index is 0.258. The minimum atomic E-state index is -1.46. The lowest BCUT2D eigenvalue weighted by Crippen LogP contribution is -1.99. The molecule has 0 atom stereocenters. The van der Waals surface area contributed by atoms with Crippen molar-refractivity contribution in [1.29, 1.82) is 0 Å². The van der Waals surface area contributed by atoms with Gasteiger partial charge in [-0.15, -0.1) is 0 Å². The molecule has 0 fully saturated rings. The molecule has 0 aliphatic carbocycles. The highest BCUT2D eigenvalue weighted by atomic mass is 35.6. The Morgan fingerprint density at radius 1 is 1.36 bits per heavy atom. The second kappa shape index (κ2) is 3.36. The van der Waals surface area contributed by atoms with Crippen LogP contribution in [0, 0.1) is 6.20 Å². The summed E-state index contributed by atoms with van der Waals surface area (Å²) in [6.45, 7) is 0. The van der Waals surface area contributed by atoms with Crippen LogP contribution in [0.15, 0.2) is 12.1 Å². The monoisotopic (exact) mass is 228 g/mol. The predicted molar refractivity (Wildman–Crippen MR) is 47.3 cm³/mol. The van der Waals surface area contributed by atoms with Crippen LogP contribution in [0.4, 0.5) is 0 Å². The first-order valence-electron chi connectivity index (χ1n) is 2.61. The standard InChI is InChI=1S/C6H2Cl4N/c7-5-3-4(1-2-11-5)6(8,9)10/h1,3H. The van der Waals surface area contributed by atoms with Gasteiger partial charge in [0.2, 0.25) is 3.79 Å². The van der Waals surface area contributed by atoms with Crippen LogP contribution >= 0.6 is 46.4 Å². The summed E-state index contributed by atoms with van der Waals surface area (Å²) in [6, 6.07) is 2.95. The summed E-state index contributed by atoms with van der Waals surface area (Å²) in [4.78, 5) is 3.62. The van der Waals surface area contributed by atoms with E-state index in [1.54, 1.807) is 0 Å². The molecule has 0 saturated heterocycles. The molecule has 1 aromatic rings. The minimum Gasteiger partial charge on any atom is -0.234 e. The maximum atomic E-state index is 5.55. The predicted octanol–water partition coefficient (Wildman–Crippen LogP) is 3.36. The molecule has 0 bridgehead atoms. The van der Waals surface area contributed by atoms with Gasteiger partial charge in [0.25, 0.3) is 0 Å². The highest BCUT2D eigenvalue weighted by Gasteiger charge is 2.22. The topological polar surface area (TPSA) is 12.9 Å². The van der Waals surface area contributed by atoms with E-state index in [-0.39, 0.29) is 5.15 Å². The maximum absolute atomic E-state index is 5.55. The molecule has 59 valence electrons. The molecule has 11 heavy (non-hydrogen) atoms. The molecule has 5 heteroatoms. The highest BCUT2D eigenvalue weighted by Crippen LogP contribution is 2.38. The summed E-state index contributed by atoms with van der Waals surface area (Å²) in [7, 11) is 0. The molecule has 1 rings (SSSR count). The van der Waals surface area contributed by atoms with E-state index >= 15 is 0 Å². The van der Waals surface area contributed by atoms with Gasteiger partial charge in [0.15, 0.2) is 0 Å². The Balaban J connectivity index is 3.06. The number of rotatable bonds is 0. The van der Waals surface area contributed by atoms with E-state index in [4.69, 9.17) is 46.4 Å². The van der Waals surface area contributed by atoms with Crippen LogP contribution in [-0.4, -0.2) is 4.98 Å². The Bertz CT molecular complexity index is 255. The number of pyridine rings is 1. The van der Waals surface area contributed by atoms with Gasteiger partial charge in [-0.25, -0.2) is 4.98 Å². The maximum Gasteiger partial charge on any atom is 0.216 e. The van der Waals surface area contributed by atoms with Gasteiger partial charge in [-0.3, -0.25) is 0 Å². The smallest absolute Gasteiger partial charge is 0.216 e. The van der Waals surface area contributed by atoms with Gasteiger partial charge < -0.3 is 0 Å². The molecule has 1 aromatic heterocycles. The van der Waals surface area contributed by atoms with Gasteiger partial charge >= 0.3 is 0 Å². The summed E-state index contributed by atoms with van der Waals surface area (Å²) >= 11 is 22.2. The van der Waals surface area contributed by atoms with Gasteiger partial charge in [0.1, 0.15) is 5.15 Å². The van der Waals surface area contributed by atoms with Crippen LogP contribution in [0.25, 0.3) is 0 Å². The zero-order valence-electron chi connectivity index (χ0n) is 5.11. The lowest BCUT2D eigenvalue weighted by atomic mass is 10.3. The van der Waals surface area contributed by atoms with Gasteiger partial charge in [-0.2, -0.15) is 0 Å². The van der Waals surface area contributed by atoms with E-state index in [1.165, 1.54) is 12.1 Å². The van der Waals surface area contributed by atoms with E-state index < -0.39 is 3.79 Å². The zero-order chi connectivity index (χ0) is 8.48. The second-order valence-electron chi connectivity index (χ2n) is 1.81. The molecular formula is C6H2Cl4N. The van der Waals surface area contributed by atoms with Crippen molar-refractivity contribution in [3.8, 4) is 0 Å². The SMILES string of the molecule is Clc1cc(C(Cl)(Cl)Cl)c[c]n1. The van der Waals surface area contributed by atoms with E-state index in [2.05, 4.69) is 11.2 Å². The Morgan fingerprint density at radius 3 is 2.36 bits per heavy atom. The third-order valence-electron chi connectivity index (χ3n) is 0.993. The third kappa shape index (κ3) is 2.68. The van der Waals surface area contributed by atoms with Crippen LogP contribution in [0.1, 0.15) is 5.56 Å². The number of hydrogen-bond donors (Lipinski definition) is 0. The highest BCUT2D eigenvalue weighted by molar-refractivity contribution is 6.66. The number of nitrogens with zero attached hydrogens (tertiary/aromatic N) is 1. The van der Waals surface area contributed by atoms with E-state index in [9.17, 15) is 0 Å². The van der Waals surface area contributed by atoms with Crippen LogP contribution in [0.2, 0.25) is 5.15 Å². The molecule has 0 unspecified atom stereocenters. The average molecular weight is 230 g/mol. The molecule has 0 aromatic carbocycles. The van der Waals surface area contributed by atoms with Gasteiger partial charge in [0, 0.05) is 5.56 Å². The van der Waals surface area contributed by atoms with Gasteiger partial charge in [-0.1, -0.05) is 46.4 Å². The summed E-state index contributed by atoms with van der Waals surface area (Å²) < 4.78 is -1.46. The summed E-state index contributed by atoms with van der Waals surface area (Å²) in [6.07, 6.45) is 2.50. The molecule has 1 nitrogen and oxygen atoms in total. The third-order valence-corrected chi connectivity index (χ3v) is 1.84. The number of hydrogen-bond acceptors (Lipinski definition) is 1. The summed E-state index contributed by atoms with van der Waals surface area (Å²) in [5.74, 6) is 0. The summed E-state index contributed by atoms with van der Waals surface area (Å²) in [5, 5.41) is 0.258. The quantitative estimate of drug-likeness (QED) is 0.491. The van der Waals surface area contributed by atoms with Crippen molar-refractivity contribution >= 4 is 46.4 Å². The summed E-state index contributed by atoms with van der Waals surface area (Å²) in [5.41, 5.74) is 0.461. The Labute approximate surface area is 84.2 Å². The Kier molecular flexibility index (Phi) is 2.87. The van der Waals surface area contributed by atoms with E-state index in [0.29, 0.717) is 5.56 Å². The number of alkyl halides is 3. The lowest BCUT2D eigenvalue weighted by Gasteiger charge is -2.09. The first kappa shape index (κ1) is 9.40. The number of aromatic nitrogens is 1. The van der Waals surface area contributed by atoms with Crippen molar-refractivity contribution in [2.75, 3.05) is 0 Å². The molecule has 0 aliphatic rings. The van der Waals surface area contributed by atoms with Crippen LogP contribution in [-0.2, 0) is 3.79 Å². The molecule has 0 N–H and O–H groups in total. The average Bonchev–Trinajstić information content (AvgIpc) is 1.86. The van der Waals surface area contributed by atoms with Crippen molar-refractivity contribution in [2.45, 2.75) is 3.79 Å². The fourth-order valence-electron chi connectivity index (χ4n) is 0.529. The zero-order valence-corrected chi connectivity index (χ0v) is 8.14. The first-order valence-corrected chi connectivity index (χ1v) is 4.12. The molecule has 0 saturated carbocycles. The van der Waals surface area contributed by atoms with E-state index in [0.717, 1.165) is 0 Å². The Hall–Kier alpha value is 0.310. The van der Waals surface area contributed by atoms with Gasteiger partial charge in [-0.05, 0) is 12.1 Å². The van der Waals surface area contributed by atoms with Crippen molar-refractivity contribution in [3.63, 3.8) is 0 Å². The molecule has 1 heterocycles. The van der Waals surface area contributed by atoms with Crippen LogP contribution in [0.3, 0.4) is 0 Å². The van der Waals surface area contributed by atoms with Crippen LogP contribution in [0.5, 0.6) is 0 Å². The molecule has 0 spiro atoms. The van der Waals surface area contributed by atoms with E-state index in [1.807, 2.05) is 0 Å². The molecule has 0 aliphatic heterocycles. The normalized spacial score (nSPS) is 11.6. The van der Waals surface area contributed by atoms with Gasteiger partial charge in [0.05, 0.1) is 6.20 Å². The number of halogens is 4. The van der Waals surface area contributed by atoms with Crippen molar-refractivity contribution in [2.24, 2.45) is 0 Å². The molecule has 0 amide bonds. The van der Waals surface area contributed by atoms with Crippen molar-refractivity contribution < 1.29 is 0 Å². The fourth-order valence-corrected chi connectivity index (χ4v) is 1.02. The molecule has 1 radical (unpaired) electrons. The van der Waals surface area contributed by atoms with Crippen molar-refractivity contribution in [3.05, 3.63) is 29.0 Å². The second-order valence-corrected chi connectivity index (χ2v) is 4.47. The first-order chi connectivity index (χ1) is 5.00. The Morgan fingerprint density at radius 2 is 2.00 bits per heavy atom. The van der Waals surface area contributed by atoms with Crippen LogP contribution < -0.4 is 0 Å². The lowest BCUT2D eigenvalue weighted by molar-refractivity contribution is 1.18. The van der Waals surface area contributed by atoms with Crippen molar-refractivity contribution in [1.82, 2.24) is 4.98 Å². The fraction of sp³-hybridized carbons (Fsp3) is 0.167. The largest absolute Gasteiger partial charge is 0.234 e. The molecular weight excluding hydrogens is 228 g/mol.